The van der Waals surface area contributed by atoms with Crippen LogP contribution in [0.3, 0.4) is 0 Å². The standard InChI is InChI=1S/C15H24N2O2S2/c1-3-8-16-11-14-4-6-15(7-5-14)21(18,19)17-9-10-20-12-13(17)2/h4-7,13,16H,3,8-12H2,1-2H3. The summed E-state index contributed by atoms with van der Waals surface area (Å²) in [7, 11) is -3.35. The lowest BCUT2D eigenvalue weighted by Crippen LogP contribution is -2.44. The first-order valence-corrected chi connectivity index (χ1v) is 10.0. The van der Waals surface area contributed by atoms with Gasteiger partial charge in [0.05, 0.1) is 4.90 Å². The maximum absolute atomic E-state index is 12.7. The van der Waals surface area contributed by atoms with Gasteiger partial charge in [-0.2, -0.15) is 16.1 Å². The Morgan fingerprint density at radius 3 is 2.67 bits per heavy atom. The van der Waals surface area contributed by atoms with Gasteiger partial charge in [0.1, 0.15) is 0 Å². The summed E-state index contributed by atoms with van der Waals surface area (Å²) in [6, 6.07) is 7.33. The largest absolute Gasteiger partial charge is 0.313 e. The van der Waals surface area contributed by atoms with Gasteiger partial charge in [0.25, 0.3) is 0 Å². The molecular weight excluding hydrogens is 304 g/mol. The predicted octanol–water partition coefficient (Wildman–Crippen LogP) is 2.31. The molecule has 0 bridgehead atoms. The first-order valence-electron chi connectivity index (χ1n) is 7.45. The average Bonchev–Trinajstić information content (AvgIpc) is 2.48. The molecule has 21 heavy (non-hydrogen) atoms. The van der Waals surface area contributed by atoms with Gasteiger partial charge in [-0.3, -0.25) is 0 Å². The lowest BCUT2D eigenvalue weighted by molar-refractivity contribution is 0.367. The summed E-state index contributed by atoms with van der Waals surface area (Å²) < 4.78 is 27.0. The molecule has 4 nitrogen and oxygen atoms in total. The van der Waals surface area contributed by atoms with Crippen molar-refractivity contribution in [1.82, 2.24) is 9.62 Å². The first-order chi connectivity index (χ1) is 10.1. The Labute approximate surface area is 132 Å². The second-order valence-corrected chi connectivity index (χ2v) is 8.40. The Balaban J connectivity index is 2.09. The normalized spacial score (nSPS) is 20.6. The van der Waals surface area contributed by atoms with Gasteiger partial charge in [-0.05, 0) is 37.6 Å². The van der Waals surface area contributed by atoms with E-state index in [2.05, 4.69) is 12.2 Å². The highest BCUT2D eigenvalue weighted by Gasteiger charge is 2.30. The Morgan fingerprint density at radius 1 is 1.33 bits per heavy atom. The van der Waals surface area contributed by atoms with Crippen molar-refractivity contribution in [3.05, 3.63) is 29.8 Å². The minimum absolute atomic E-state index is 0.0691. The number of sulfonamides is 1. The summed E-state index contributed by atoms with van der Waals surface area (Å²) in [6.07, 6.45) is 1.09. The van der Waals surface area contributed by atoms with Gasteiger partial charge >= 0.3 is 0 Å². The summed E-state index contributed by atoms with van der Waals surface area (Å²) in [4.78, 5) is 0.403. The van der Waals surface area contributed by atoms with Crippen LogP contribution in [-0.2, 0) is 16.6 Å². The van der Waals surface area contributed by atoms with Gasteiger partial charge in [-0.1, -0.05) is 19.1 Å². The second kappa shape index (κ2) is 7.63. The number of benzene rings is 1. The molecule has 1 aromatic carbocycles. The third kappa shape index (κ3) is 4.22. The van der Waals surface area contributed by atoms with Crippen molar-refractivity contribution in [3.63, 3.8) is 0 Å². The van der Waals surface area contributed by atoms with Gasteiger partial charge in [0, 0.05) is 30.6 Å². The van der Waals surface area contributed by atoms with Crippen LogP contribution in [0.1, 0.15) is 25.8 Å². The fraction of sp³-hybridized carbons (Fsp3) is 0.600. The molecule has 1 N–H and O–H groups in total. The Hall–Kier alpha value is -0.560. The molecule has 1 aromatic rings. The number of hydrogen-bond acceptors (Lipinski definition) is 4. The highest BCUT2D eigenvalue weighted by molar-refractivity contribution is 7.99. The quantitative estimate of drug-likeness (QED) is 0.814. The molecule has 1 fully saturated rings. The molecule has 0 saturated carbocycles. The third-order valence-electron chi connectivity index (χ3n) is 3.59. The zero-order valence-electron chi connectivity index (χ0n) is 12.7. The van der Waals surface area contributed by atoms with Crippen molar-refractivity contribution in [2.75, 3.05) is 24.6 Å². The summed E-state index contributed by atoms with van der Waals surface area (Å²) in [6.45, 7) is 6.47. The second-order valence-electron chi connectivity index (χ2n) is 5.36. The van der Waals surface area contributed by atoms with Crippen LogP contribution in [0.25, 0.3) is 0 Å². The smallest absolute Gasteiger partial charge is 0.243 e. The highest BCUT2D eigenvalue weighted by Crippen LogP contribution is 2.24. The molecule has 1 saturated heterocycles. The molecule has 1 atom stereocenters. The van der Waals surface area contributed by atoms with E-state index in [9.17, 15) is 8.42 Å². The number of rotatable bonds is 6. The summed E-state index contributed by atoms with van der Waals surface area (Å²) in [5.41, 5.74) is 1.12. The van der Waals surface area contributed by atoms with Crippen molar-refractivity contribution in [1.29, 1.82) is 0 Å². The fourth-order valence-electron chi connectivity index (χ4n) is 2.39. The Bertz CT molecular complexity index is 543. The van der Waals surface area contributed by atoms with E-state index < -0.39 is 10.0 Å². The molecule has 1 aliphatic rings. The molecule has 0 spiro atoms. The van der Waals surface area contributed by atoms with Gasteiger partial charge in [0.2, 0.25) is 10.0 Å². The van der Waals surface area contributed by atoms with Crippen molar-refractivity contribution in [2.45, 2.75) is 37.8 Å². The van der Waals surface area contributed by atoms with Crippen LogP contribution in [0.15, 0.2) is 29.2 Å². The lowest BCUT2D eigenvalue weighted by Gasteiger charge is -2.31. The fourth-order valence-corrected chi connectivity index (χ4v) is 5.25. The topological polar surface area (TPSA) is 49.4 Å². The summed E-state index contributed by atoms with van der Waals surface area (Å²) in [5, 5.41) is 3.32. The molecule has 118 valence electrons. The van der Waals surface area contributed by atoms with Crippen LogP contribution in [0.5, 0.6) is 0 Å². The van der Waals surface area contributed by atoms with Gasteiger partial charge in [0.15, 0.2) is 0 Å². The Morgan fingerprint density at radius 2 is 2.05 bits per heavy atom. The van der Waals surface area contributed by atoms with Crippen molar-refractivity contribution >= 4 is 21.8 Å². The first kappa shape index (κ1) is 16.8. The zero-order chi connectivity index (χ0) is 15.3. The number of hydrogen-bond donors (Lipinski definition) is 1. The highest BCUT2D eigenvalue weighted by atomic mass is 32.2. The maximum atomic E-state index is 12.7. The summed E-state index contributed by atoms with van der Waals surface area (Å²) >= 11 is 1.82. The molecule has 0 amide bonds. The van der Waals surface area contributed by atoms with Crippen molar-refractivity contribution < 1.29 is 8.42 Å². The molecule has 1 unspecified atom stereocenters. The van der Waals surface area contributed by atoms with Crippen LogP contribution in [0.2, 0.25) is 0 Å². The van der Waals surface area contributed by atoms with Crippen LogP contribution in [0, 0.1) is 0 Å². The third-order valence-corrected chi connectivity index (χ3v) is 6.81. The molecule has 1 aliphatic heterocycles. The van der Waals surface area contributed by atoms with E-state index in [-0.39, 0.29) is 6.04 Å². The molecule has 6 heteroatoms. The minimum Gasteiger partial charge on any atom is -0.313 e. The molecular formula is C15H24N2O2S2. The number of thioether (sulfide) groups is 1. The minimum atomic E-state index is -3.35. The molecule has 1 heterocycles. The number of nitrogens with zero attached hydrogens (tertiary/aromatic N) is 1. The van der Waals surface area contributed by atoms with Crippen LogP contribution < -0.4 is 5.32 Å². The predicted molar refractivity (Wildman–Crippen MR) is 89.1 cm³/mol. The van der Waals surface area contributed by atoms with E-state index in [1.807, 2.05) is 30.8 Å². The SMILES string of the molecule is CCCNCc1ccc(S(=O)(=O)N2CCSCC2C)cc1. The molecule has 2 rings (SSSR count). The van der Waals surface area contributed by atoms with E-state index in [1.54, 1.807) is 16.4 Å². The van der Waals surface area contributed by atoms with Crippen LogP contribution in [-0.4, -0.2) is 43.4 Å². The average molecular weight is 329 g/mol. The van der Waals surface area contributed by atoms with Crippen molar-refractivity contribution in [3.8, 4) is 0 Å². The van der Waals surface area contributed by atoms with E-state index >= 15 is 0 Å². The van der Waals surface area contributed by atoms with Crippen molar-refractivity contribution in [2.24, 2.45) is 0 Å². The zero-order valence-corrected chi connectivity index (χ0v) is 14.3. The van der Waals surface area contributed by atoms with Crippen LogP contribution in [0.4, 0.5) is 0 Å². The monoisotopic (exact) mass is 328 g/mol. The van der Waals surface area contributed by atoms with E-state index in [4.69, 9.17) is 0 Å². The van der Waals surface area contributed by atoms with Gasteiger partial charge in [-0.15, -0.1) is 0 Å². The van der Waals surface area contributed by atoms with Crippen LogP contribution >= 0.6 is 11.8 Å². The van der Waals surface area contributed by atoms with E-state index in [1.165, 1.54) is 0 Å². The number of nitrogens with one attached hydrogen (secondary N) is 1. The Kier molecular flexibility index (Phi) is 6.10. The molecule has 0 radical (unpaired) electrons. The van der Waals surface area contributed by atoms with Gasteiger partial charge in [-0.25, -0.2) is 8.42 Å². The van der Waals surface area contributed by atoms with Gasteiger partial charge < -0.3 is 5.32 Å². The lowest BCUT2D eigenvalue weighted by atomic mass is 10.2. The summed E-state index contributed by atoms with van der Waals surface area (Å²) in [5.74, 6) is 1.75. The van der Waals surface area contributed by atoms with E-state index in [0.717, 1.165) is 36.6 Å². The van der Waals surface area contributed by atoms with E-state index in [0.29, 0.717) is 11.4 Å². The maximum Gasteiger partial charge on any atom is 0.243 e. The molecule has 0 aromatic heterocycles. The molecule has 0 aliphatic carbocycles.